The summed E-state index contributed by atoms with van der Waals surface area (Å²) in [6.45, 7) is 2.81. The lowest BCUT2D eigenvalue weighted by atomic mass is 10.1. The van der Waals surface area contributed by atoms with Gasteiger partial charge in [-0.3, -0.25) is 4.79 Å². The van der Waals surface area contributed by atoms with E-state index in [4.69, 9.17) is 15.6 Å². The van der Waals surface area contributed by atoms with E-state index in [0.717, 1.165) is 12.8 Å². The molecule has 0 saturated carbocycles. The van der Waals surface area contributed by atoms with E-state index < -0.39 is 12.1 Å². The smallest absolute Gasteiger partial charge is 0.334 e. The van der Waals surface area contributed by atoms with Gasteiger partial charge in [-0.1, -0.05) is 0 Å². The number of carbonyl (C=O) groups excluding carboxylic acids is 1. The molecule has 1 heterocycles. The number of hydrogen-bond acceptors (Lipinski definition) is 4. The molecule has 1 rings (SSSR count). The number of rotatable bonds is 5. The number of ether oxygens (including phenoxy) is 1. The quantitative estimate of drug-likeness (QED) is 0.699. The molecule has 0 aromatic carbocycles. The first-order valence-electron chi connectivity index (χ1n) is 5.88. The van der Waals surface area contributed by atoms with E-state index in [-0.39, 0.29) is 25.1 Å². The summed E-state index contributed by atoms with van der Waals surface area (Å²) < 4.78 is 5.05. The predicted octanol–water partition coefficient (Wildman–Crippen LogP) is -0.184. The fraction of sp³-hybridized carbons (Fsp3) is 0.818. The van der Waals surface area contributed by atoms with E-state index in [0.29, 0.717) is 13.0 Å². The van der Waals surface area contributed by atoms with Gasteiger partial charge in [0.15, 0.2) is 6.10 Å². The van der Waals surface area contributed by atoms with Crippen molar-refractivity contribution in [2.45, 2.75) is 38.3 Å². The summed E-state index contributed by atoms with van der Waals surface area (Å²) in [7, 11) is 0. The summed E-state index contributed by atoms with van der Waals surface area (Å²) in [6.07, 6.45) is 1.08. The molecule has 1 aliphatic heterocycles. The van der Waals surface area contributed by atoms with Crippen LogP contribution < -0.4 is 5.73 Å². The number of nitrogens with zero attached hydrogens (tertiary/aromatic N) is 1. The summed E-state index contributed by atoms with van der Waals surface area (Å²) in [5.41, 5.74) is 5.60. The lowest BCUT2D eigenvalue weighted by molar-refractivity contribution is -0.159. The van der Waals surface area contributed by atoms with Crippen LogP contribution in [0.15, 0.2) is 0 Å². The SMILES string of the molecule is CC(N)CCCC(=O)N1CCOC(C(=O)O)C1. The lowest BCUT2D eigenvalue weighted by Crippen LogP contribution is -2.48. The minimum absolute atomic E-state index is 0.0137. The molecule has 1 aliphatic rings. The number of amides is 1. The molecule has 0 aromatic heterocycles. The Morgan fingerprint density at radius 3 is 2.88 bits per heavy atom. The first kappa shape index (κ1) is 13.9. The van der Waals surface area contributed by atoms with Crippen LogP contribution in [0, 0.1) is 0 Å². The highest BCUT2D eigenvalue weighted by Crippen LogP contribution is 2.09. The second-order valence-electron chi connectivity index (χ2n) is 4.41. The van der Waals surface area contributed by atoms with Crippen molar-refractivity contribution in [2.75, 3.05) is 19.7 Å². The molecule has 0 radical (unpaired) electrons. The van der Waals surface area contributed by atoms with Crippen molar-refractivity contribution in [1.29, 1.82) is 0 Å². The van der Waals surface area contributed by atoms with Gasteiger partial charge < -0.3 is 20.5 Å². The standard InChI is InChI=1S/C11H20N2O4/c1-8(12)3-2-4-10(14)13-5-6-17-9(7-13)11(15)16/h8-9H,2-7,12H2,1H3,(H,15,16). The minimum atomic E-state index is -1.02. The van der Waals surface area contributed by atoms with Gasteiger partial charge in [-0.05, 0) is 19.8 Å². The van der Waals surface area contributed by atoms with Crippen LogP contribution >= 0.6 is 0 Å². The van der Waals surface area contributed by atoms with E-state index >= 15 is 0 Å². The Labute approximate surface area is 101 Å². The largest absolute Gasteiger partial charge is 0.479 e. The normalized spacial score (nSPS) is 22.2. The summed E-state index contributed by atoms with van der Waals surface area (Å²) in [5, 5.41) is 8.81. The van der Waals surface area contributed by atoms with E-state index in [1.807, 2.05) is 6.92 Å². The Hall–Kier alpha value is -1.14. The van der Waals surface area contributed by atoms with Crippen molar-refractivity contribution >= 4 is 11.9 Å². The lowest BCUT2D eigenvalue weighted by Gasteiger charge is -2.31. The van der Waals surface area contributed by atoms with Gasteiger partial charge in [0.2, 0.25) is 5.91 Å². The average molecular weight is 244 g/mol. The van der Waals surface area contributed by atoms with Crippen LogP contribution in [0.4, 0.5) is 0 Å². The number of morpholine rings is 1. The van der Waals surface area contributed by atoms with Crippen LogP contribution in [0.25, 0.3) is 0 Å². The Bertz CT molecular complexity index is 281. The molecule has 6 nitrogen and oxygen atoms in total. The third-order valence-electron chi connectivity index (χ3n) is 2.74. The van der Waals surface area contributed by atoms with Crippen molar-refractivity contribution in [2.24, 2.45) is 5.73 Å². The number of carboxylic acid groups (broad SMARTS) is 1. The molecule has 0 aliphatic carbocycles. The van der Waals surface area contributed by atoms with Gasteiger partial charge in [0.05, 0.1) is 13.2 Å². The van der Waals surface area contributed by atoms with Gasteiger partial charge in [-0.15, -0.1) is 0 Å². The maximum absolute atomic E-state index is 11.8. The van der Waals surface area contributed by atoms with Gasteiger partial charge in [-0.2, -0.15) is 0 Å². The molecule has 3 N–H and O–H groups in total. The minimum Gasteiger partial charge on any atom is -0.479 e. The van der Waals surface area contributed by atoms with Gasteiger partial charge in [0.1, 0.15) is 0 Å². The fourth-order valence-corrected chi connectivity index (χ4v) is 1.76. The molecule has 0 spiro atoms. The Morgan fingerprint density at radius 2 is 2.29 bits per heavy atom. The van der Waals surface area contributed by atoms with Crippen molar-refractivity contribution in [1.82, 2.24) is 4.90 Å². The predicted molar refractivity (Wildman–Crippen MR) is 61.5 cm³/mol. The van der Waals surface area contributed by atoms with Crippen molar-refractivity contribution < 1.29 is 19.4 Å². The van der Waals surface area contributed by atoms with E-state index in [1.54, 1.807) is 4.90 Å². The first-order chi connectivity index (χ1) is 8.00. The van der Waals surface area contributed by atoms with Crippen molar-refractivity contribution in [3.63, 3.8) is 0 Å². The highest BCUT2D eigenvalue weighted by atomic mass is 16.5. The molecule has 1 amide bonds. The van der Waals surface area contributed by atoms with E-state index in [9.17, 15) is 9.59 Å². The molecule has 17 heavy (non-hydrogen) atoms. The van der Waals surface area contributed by atoms with E-state index in [1.165, 1.54) is 0 Å². The summed E-state index contributed by atoms with van der Waals surface area (Å²) in [5.74, 6) is -1.03. The van der Waals surface area contributed by atoms with Gasteiger partial charge in [0.25, 0.3) is 0 Å². The number of hydrogen-bond donors (Lipinski definition) is 2. The zero-order valence-corrected chi connectivity index (χ0v) is 10.1. The van der Waals surface area contributed by atoms with Gasteiger partial charge in [0, 0.05) is 19.0 Å². The molecule has 2 atom stereocenters. The third-order valence-corrected chi connectivity index (χ3v) is 2.74. The Balaban J connectivity index is 2.33. The zero-order chi connectivity index (χ0) is 12.8. The van der Waals surface area contributed by atoms with Crippen LogP contribution in [0.1, 0.15) is 26.2 Å². The summed E-state index contributed by atoms with van der Waals surface area (Å²) >= 11 is 0. The van der Waals surface area contributed by atoms with Crippen LogP contribution in [0.3, 0.4) is 0 Å². The maximum Gasteiger partial charge on any atom is 0.334 e. The molecule has 2 unspecified atom stereocenters. The molecule has 0 aromatic rings. The molecule has 1 saturated heterocycles. The Kier molecular flexibility index (Phi) is 5.37. The summed E-state index contributed by atoms with van der Waals surface area (Å²) in [4.78, 5) is 24.1. The number of aliphatic carboxylic acids is 1. The van der Waals surface area contributed by atoms with Gasteiger partial charge in [-0.25, -0.2) is 4.79 Å². The molecule has 1 fully saturated rings. The molecule has 98 valence electrons. The number of carboxylic acids is 1. The molecule has 0 bridgehead atoms. The fourth-order valence-electron chi connectivity index (χ4n) is 1.76. The highest BCUT2D eigenvalue weighted by molar-refractivity contribution is 5.78. The molecule has 6 heteroatoms. The molecular weight excluding hydrogens is 224 g/mol. The Morgan fingerprint density at radius 1 is 1.59 bits per heavy atom. The zero-order valence-electron chi connectivity index (χ0n) is 10.1. The second kappa shape index (κ2) is 6.56. The highest BCUT2D eigenvalue weighted by Gasteiger charge is 2.28. The third kappa shape index (κ3) is 4.70. The van der Waals surface area contributed by atoms with E-state index in [2.05, 4.69) is 0 Å². The average Bonchev–Trinajstić information content (AvgIpc) is 2.28. The van der Waals surface area contributed by atoms with Gasteiger partial charge >= 0.3 is 5.97 Å². The number of carbonyl (C=O) groups is 2. The van der Waals surface area contributed by atoms with Crippen molar-refractivity contribution in [3.8, 4) is 0 Å². The maximum atomic E-state index is 11.8. The second-order valence-corrected chi connectivity index (χ2v) is 4.41. The van der Waals surface area contributed by atoms with Crippen LogP contribution in [-0.4, -0.2) is 53.7 Å². The molecular formula is C11H20N2O4. The number of nitrogens with two attached hydrogens (primary N) is 1. The first-order valence-corrected chi connectivity index (χ1v) is 5.88. The van der Waals surface area contributed by atoms with Crippen LogP contribution in [0.2, 0.25) is 0 Å². The summed E-state index contributed by atoms with van der Waals surface area (Å²) in [6, 6.07) is 0.0965. The van der Waals surface area contributed by atoms with Crippen LogP contribution in [-0.2, 0) is 14.3 Å². The van der Waals surface area contributed by atoms with Crippen molar-refractivity contribution in [3.05, 3.63) is 0 Å². The topological polar surface area (TPSA) is 92.9 Å². The monoisotopic (exact) mass is 244 g/mol. The van der Waals surface area contributed by atoms with Crippen LogP contribution in [0.5, 0.6) is 0 Å².